The molecule has 0 saturated carbocycles. The maximum absolute atomic E-state index is 12.9. The van der Waals surface area contributed by atoms with E-state index in [1.165, 1.54) is 6.08 Å². The van der Waals surface area contributed by atoms with Gasteiger partial charge >= 0.3 is 12.1 Å². The van der Waals surface area contributed by atoms with Gasteiger partial charge in [-0.25, -0.2) is 0 Å². The third-order valence-corrected chi connectivity index (χ3v) is 3.52. The Labute approximate surface area is 148 Å². The van der Waals surface area contributed by atoms with Crippen LogP contribution in [0.1, 0.15) is 24.2 Å². The predicted octanol–water partition coefficient (Wildman–Crippen LogP) is 2.58. The fraction of sp³-hybridized carbons (Fsp3) is 0.286. The monoisotopic (exact) mass is 423 g/mol. The Morgan fingerprint density at radius 1 is 1.32 bits per heavy atom. The van der Waals surface area contributed by atoms with E-state index in [1.807, 2.05) is 0 Å². The average Bonchev–Trinajstić information content (AvgIpc) is 2.46. The Morgan fingerprint density at radius 3 is 2.28 bits per heavy atom. The van der Waals surface area contributed by atoms with Gasteiger partial charge in [0.2, 0.25) is 0 Å². The summed E-state index contributed by atoms with van der Waals surface area (Å²) in [5, 5.41) is 22.1. The van der Waals surface area contributed by atoms with E-state index in [1.54, 1.807) is 13.8 Å². The van der Waals surface area contributed by atoms with E-state index >= 15 is 0 Å². The molecule has 0 saturated heterocycles. The van der Waals surface area contributed by atoms with E-state index in [2.05, 4.69) is 15.9 Å². The molecule has 136 valence electrons. The third-order valence-electron chi connectivity index (χ3n) is 2.92. The number of nitro groups is 1. The van der Waals surface area contributed by atoms with Gasteiger partial charge in [-0.15, -0.1) is 0 Å². The molecule has 0 fully saturated rings. The van der Waals surface area contributed by atoms with Crippen molar-refractivity contribution in [2.24, 2.45) is 0 Å². The van der Waals surface area contributed by atoms with Crippen LogP contribution in [0.5, 0.6) is 0 Å². The number of carboxylic acids is 1. The first kappa shape index (κ1) is 20.6. The molecule has 1 amide bonds. The third kappa shape index (κ3) is 5.02. The van der Waals surface area contributed by atoms with E-state index < -0.39 is 46.5 Å². The molecule has 0 spiro atoms. The van der Waals surface area contributed by atoms with Crippen molar-refractivity contribution in [3.8, 4) is 0 Å². The summed E-state index contributed by atoms with van der Waals surface area (Å²) in [5.41, 5.74) is -1.72. The van der Waals surface area contributed by atoms with Crippen LogP contribution in [0, 0.1) is 10.1 Å². The molecule has 1 rings (SSSR count). The Morgan fingerprint density at radius 2 is 1.88 bits per heavy atom. The molecule has 0 heterocycles. The van der Waals surface area contributed by atoms with Crippen molar-refractivity contribution in [1.82, 2.24) is 0 Å². The maximum Gasteiger partial charge on any atom is 0.471 e. The van der Waals surface area contributed by atoms with Crippen molar-refractivity contribution >= 4 is 39.2 Å². The Balaban J connectivity index is 3.68. The van der Waals surface area contributed by atoms with Gasteiger partial charge in [-0.1, -0.05) is 11.6 Å². The van der Waals surface area contributed by atoms with Crippen molar-refractivity contribution in [1.29, 1.82) is 0 Å². The zero-order valence-electron chi connectivity index (χ0n) is 12.9. The SMILES string of the molecule is CC(C)=CCN(C(=O)C(F)(F)F)c1c(Br)cc(C(=O)[O-])cc1[N+](=O)[O-]. The molecule has 0 unspecified atom stereocenters. The quantitative estimate of drug-likeness (QED) is 0.411. The Hall–Kier alpha value is -2.43. The van der Waals surface area contributed by atoms with Crippen LogP contribution in [0.3, 0.4) is 0 Å². The summed E-state index contributed by atoms with van der Waals surface area (Å²) in [6, 6.07) is 1.37. The van der Waals surface area contributed by atoms with Crippen molar-refractivity contribution in [2.45, 2.75) is 20.0 Å². The summed E-state index contributed by atoms with van der Waals surface area (Å²) in [5.74, 6) is -4.08. The van der Waals surface area contributed by atoms with Gasteiger partial charge in [0.1, 0.15) is 5.69 Å². The molecule has 0 aliphatic carbocycles. The number of rotatable bonds is 5. The van der Waals surface area contributed by atoms with Crippen molar-refractivity contribution in [2.75, 3.05) is 11.4 Å². The number of anilines is 1. The van der Waals surface area contributed by atoms with E-state index in [0.29, 0.717) is 11.6 Å². The summed E-state index contributed by atoms with van der Waals surface area (Å²) in [6.07, 6.45) is -4.01. The highest BCUT2D eigenvalue weighted by Crippen LogP contribution is 2.39. The van der Waals surface area contributed by atoms with Crippen LogP contribution >= 0.6 is 15.9 Å². The number of hydrogen-bond donors (Lipinski definition) is 0. The zero-order chi connectivity index (χ0) is 19.5. The molecule has 7 nitrogen and oxygen atoms in total. The number of nitrogens with zero attached hydrogens (tertiary/aromatic N) is 2. The lowest BCUT2D eigenvalue weighted by Gasteiger charge is -2.24. The molecule has 0 radical (unpaired) electrons. The van der Waals surface area contributed by atoms with E-state index in [4.69, 9.17) is 0 Å². The minimum Gasteiger partial charge on any atom is -0.545 e. The van der Waals surface area contributed by atoms with Crippen molar-refractivity contribution in [3.05, 3.63) is 43.9 Å². The average molecular weight is 424 g/mol. The summed E-state index contributed by atoms with van der Waals surface area (Å²) < 4.78 is 38.3. The van der Waals surface area contributed by atoms with Crippen LogP contribution in [0.25, 0.3) is 0 Å². The van der Waals surface area contributed by atoms with Gasteiger partial charge in [0.05, 0.1) is 10.9 Å². The van der Waals surface area contributed by atoms with E-state index in [0.717, 1.165) is 6.07 Å². The molecule has 25 heavy (non-hydrogen) atoms. The number of carbonyl (C=O) groups excluding carboxylic acids is 2. The molecule has 0 N–H and O–H groups in total. The minimum atomic E-state index is -5.28. The number of benzene rings is 1. The fourth-order valence-corrected chi connectivity index (χ4v) is 2.48. The molecule has 0 aliphatic heterocycles. The number of allylic oxidation sites excluding steroid dienone is 1. The van der Waals surface area contributed by atoms with Crippen LogP contribution < -0.4 is 10.0 Å². The highest BCUT2D eigenvalue weighted by atomic mass is 79.9. The van der Waals surface area contributed by atoms with Gasteiger partial charge in [0, 0.05) is 22.6 Å². The lowest BCUT2D eigenvalue weighted by atomic mass is 10.1. The van der Waals surface area contributed by atoms with Gasteiger partial charge < -0.3 is 9.90 Å². The number of aromatic carboxylic acids is 1. The van der Waals surface area contributed by atoms with Crippen molar-refractivity contribution < 1.29 is 32.8 Å². The second kappa shape index (κ2) is 7.64. The predicted molar refractivity (Wildman–Crippen MR) is 83.0 cm³/mol. The minimum absolute atomic E-state index is 0.161. The molecule has 0 aromatic heterocycles. The van der Waals surface area contributed by atoms with Crippen LogP contribution in [-0.4, -0.2) is 29.5 Å². The number of hydrogen-bond acceptors (Lipinski definition) is 5. The smallest absolute Gasteiger partial charge is 0.471 e. The highest BCUT2D eigenvalue weighted by Gasteiger charge is 2.44. The largest absolute Gasteiger partial charge is 0.545 e. The number of alkyl halides is 3. The molecular weight excluding hydrogens is 413 g/mol. The Bertz CT molecular complexity index is 758. The van der Waals surface area contributed by atoms with Crippen LogP contribution in [0.15, 0.2) is 28.3 Å². The fourth-order valence-electron chi connectivity index (χ4n) is 1.81. The normalized spacial score (nSPS) is 11.0. The molecule has 1 aromatic carbocycles. The van der Waals surface area contributed by atoms with E-state index in [9.17, 15) is 38.0 Å². The second-order valence-electron chi connectivity index (χ2n) is 5.07. The number of carbonyl (C=O) groups is 2. The second-order valence-corrected chi connectivity index (χ2v) is 5.92. The molecule has 0 bridgehead atoms. The highest BCUT2D eigenvalue weighted by molar-refractivity contribution is 9.10. The first-order valence-electron chi connectivity index (χ1n) is 6.57. The van der Waals surface area contributed by atoms with Crippen molar-refractivity contribution in [3.63, 3.8) is 0 Å². The summed E-state index contributed by atoms with van der Waals surface area (Å²) >= 11 is 2.80. The number of carboxylic acid groups (broad SMARTS) is 1. The van der Waals surface area contributed by atoms with Crippen LogP contribution in [0.2, 0.25) is 0 Å². The summed E-state index contributed by atoms with van der Waals surface area (Å²) in [7, 11) is 0. The van der Waals surface area contributed by atoms with Gasteiger partial charge in [-0.3, -0.25) is 19.8 Å². The number of amides is 1. The number of nitro benzene ring substituents is 1. The standard InChI is InChI=1S/C14H12BrF3N2O5/c1-7(2)3-4-19(13(23)14(16,17)18)11-9(15)5-8(12(21)22)6-10(11)20(24)25/h3,5-6H,4H2,1-2H3,(H,21,22)/p-1. The van der Waals surface area contributed by atoms with Crippen LogP contribution in [0.4, 0.5) is 24.5 Å². The molecule has 0 aliphatic rings. The molecule has 1 aromatic rings. The van der Waals surface area contributed by atoms with Gasteiger partial charge in [-0.2, -0.15) is 13.2 Å². The lowest BCUT2D eigenvalue weighted by Crippen LogP contribution is -2.42. The van der Waals surface area contributed by atoms with Crippen LogP contribution in [-0.2, 0) is 4.79 Å². The first-order chi connectivity index (χ1) is 11.4. The zero-order valence-corrected chi connectivity index (χ0v) is 14.5. The topological polar surface area (TPSA) is 104 Å². The first-order valence-corrected chi connectivity index (χ1v) is 7.37. The summed E-state index contributed by atoms with van der Waals surface area (Å²) in [4.78, 5) is 32.9. The molecule has 11 heteroatoms. The molecule has 0 atom stereocenters. The Kier molecular flexibility index (Phi) is 6.30. The van der Waals surface area contributed by atoms with Gasteiger partial charge in [0.25, 0.3) is 5.69 Å². The molecular formula is C14H11BrF3N2O5-. The van der Waals surface area contributed by atoms with Gasteiger partial charge in [0.15, 0.2) is 0 Å². The lowest BCUT2D eigenvalue weighted by molar-refractivity contribution is -0.384. The maximum atomic E-state index is 12.9. The van der Waals surface area contributed by atoms with E-state index in [-0.39, 0.29) is 9.37 Å². The summed E-state index contributed by atoms with van der Waals surface area (Å²) in [6.45, 7) is 2.54. The number of halogens is 4. The van der Waals surface area contributed by atoms with Gasteiger partial charge in [-0.05, 0) is 35.8 Å².